The lowest BCUT2D eigenvalue weighted by molar-refractivity contribution is 0.109. The predicted octanol–water partition coefficient (Wildman–Crippen LogP) is 5.94. The minimum absolute atomic E-state index is 0.120. The Kier molecular flexibility index (Phi) is 8.55. The van der Waals surface area contributed by atoms with Gasteiger partial charge in [0.05, 0.1) is 29.2 Å². The van der Waals surface area contributed by atoms with E-state index in [0.717, 1.165) is 41.1 Å². The van der Waals surface area contributed by atoms with Crippen molar-refractivity contribution >= 4 is 29.2 Å². The van der Waals surface area contributed by atoms with Crippen LogP contribution in [-0.2, 0) is 9.47 Å². The van der Waals surface area contributed by atoms with E-state index < -0.39 is 6.09 Å². The van der Waals surface area contributed by atoms with Crippen LogP contribution in [0.15, 0.2) is 24.4 Å². The Labute approximate surface area is 199 Å². The minimum atomic E-state index is -0.498. The van der Waals surface area contributed by atoms with Crippen LogP contribution >= 0.6 is 11.3 Å². The van der Waals surface area contributed by atoms with Crippen LogP contribution in [0.5, 0.6) is 5.75 Å². The van der Waals surface area contributed by atoms with E-state index in [1.165, 1.54) is 0 Å². The van der Waals surface area contributed by atoms with Crippen molar-refractivity contribution in [2.24, 2.45) is 0 Å². The maximum Gasteiger partial charge on any atom is 0.411 e. The number of rotatable bonds is 7. The van der Waals surface area contributed by atoms with Crippen molar-refractivity contribution in [2.45, 2.75) is 77.5 Å². The zero-order chi connectivity index (χ0) is 24.0. The summed E-state index contributed by atoms with van der Waals surface area (Å²) in [7, 11) is 1.61. The molecule has 33 heavy (non-hydrogen) atoms. The number of nitrogens with one attached hydrogen (secondary N) is 2. The van der Waals surface area contributed by atoms with E-state index in [2.05, 4.69) is 15.6 Å². The standard InChI is InChI=1S/C24H33N3O5S/c1-14(2)31-23(28)26-17-8-6-16(7-9-17)22-25-13-21(33-22)19-11-10-18(12-20(19)30-5)27-24(29)32-15(3)4/h10-17H,6-9H2,1-5H3,(H,26,28)(H,27,29). The lowest BCUT2D eigenvalue weighted by Crippen LogP contribution is -2.38. The van der Waals surface area contributed by atoms with Gasteiger partial charge in [0.2, 0.25) is 0 Å². The van der Waals surface area contributed by atoms with Gasteiger partial charge in [-0.2, -0.15) is 0 Å². The molecular weight excluding hydrogens is 442 g/mol. The number of carbonyl (C=O) groups excluding carboxylic acids is 2. The number of anilines is 1. The van der Waals surface area contributed by atoms with Crippen LogP contribution < -0.4 is 15.4 Å². The van der Waals surface area contributed by atoms with Gasteiger partial charge < -0.3 is 19.5 Å². The molecule has 0 saturated heterocycles. The second-order valence-electron chi connectivity index (χ2n) is 8.70. The number of carbonyl (C=O) groups is 2. The van der Waals surface area contributed by atoms with E-state index in [4.69, 9.17) is 14.2 Å². The van der Waals surface area contributed by atoms with Gasteiger partial charge in [-0.25, -0.2) is 14.6 Å². The average molecular weight is 476 g/mol. The zero-order valence-electron chi connectivity index (χ0n) is 19.8. The Morgan fingerprint density at radius 3 is 2.33 bits per heavy atom. The Bertz CT molecular complexity index is 951. The van der Waals surface area contributed by atoms with Crippen molar-refractivity contribution in [3.8, 4) is 16.2 Å². The lowest BCUT2D eigenvalue weighted by atomic mass is 9.86. The fourth-order valence-corrected chi connectivity index (χ4v) is 4.95. The van der Waals surface area contributed by atoms with E-state index in [9.17, 15) is 9.59 Å². The van der Waals surface area contributed by atoms with Crippen molar-refractivity contribution < 1.29 is 23.8 Å². The van der Waals surface area contributed by atoms with Crippen LogP contribution in [-0.4, -0.2) is 42.5 Å². The van der Waals surface area contributed by atoms with Gasteiger partial charge in [-0.3, -0.25) is 5.32 Å². The molecule has 180 valence electrons. The average Bonchev–Trinajstić information content (AvgIpc) is 3.23. The number of thiazole rings is 1. The van der Waals surface area contributed by atoms with Gasteiger partial charge in [-0.1, -0.05) is 0 Å². The van der Waals surface area contributed by atoms with Crippen molar-refractivity contribution in [1.29, 1.82) is 0 Å². The summed E-state index contributed by atoms with van der Waals surface area (Å²) in [4.78, 5) is 29.4. The van der Waals surface area contributed by atoms with Crippen molar-refractivity contribution in [1.82, 2.24) is 10.3 Å². The molecule has 8 nitrogen and oxygen atoms in total. The Morgan fingerprint density at radius 1 is 1.03 bits per heavy atom. The molecule has 0 spiro atoms. The van der Waals surface area contributed by atoms with Crippen LogP contribution in [0.4, 0.5) is 15.3 Å². The number of benzene rings is 1. The van der Waals surface area contributed by atoms with Crippen LogP contribution in [0.3, 0.4) is 0 Å². The smallest absolute Gasteiger partial charge is 0.411 e. The molecule has 0 bridgehead atoms. The largest absolute Gasteiger partial charge is 0.496 e. The van der Waals surface area contributed by atoms with Gasteiger partial charge in [-0.05, 0) is 65.5 Å². The summed E-state index contributed by atoms with van der Waals surface area (Å²) >= 11 is 1.66. The molecule has 2 aromatic rings. The van der Waals surface area contributed by atoms with E-state index in [-0.39, 0.29) is 24.3 Å². The molecule has 2 N–H and O–H groups in total. The molecule has 0 atom stereocenters. The second-order valence-corrected chi connectivity index (χ2v) is 9.77. The molecule has 1 aromatic carbocycles. The molecule has 1 aliphatic rings. The summed E-state index contributed by atoms with van der Waals surface area (Å²) in [5.74, 6) is 1.03. The first-order chi connectivity index (χ1) is 15.7. The van der Waals surface area contributed by atoms with E-state index in [0.29, 0.717) is 17.4 Å². The van der Waals surface area contributed by atoms with Gasteiger partial charge >= 0.3 is 12.2 Å². The number of hydrogen-bond acceptors (Lipinski definition) is 7. The molecule has 0 aliphatic heterocycles. The highest BCUT2D eigenvalue weighted by Crippen LogP contribution is 2.40. The normalized spacial score (nSPS) is 18.2. The summed E-state index contributed by atoms with van der Waals surface area (Å²) in [5.41, 5.74) is 1.53. The Hall–Kier alpha value is -2.81. The molecule has 1 fully saturated rings. The van der Waals surface area contributed by atoms with E-state index >= 15 is 0 Å². The number of ether oxygens (including phenoxy) is 3. The minimum Gasteiger partial charge on any atom is -0.496 e. The summed E-state index contributed by atoms with van der Waals surface area (Å²) in [6.07, 6.45) is 4.48. The van der Waals surface area contributed by atoms with Crippen LogP contribution in [0.1, 0.15) is 64.3 Å². The molecule has 1 heterocycles. The highest BCUT2D eigenvalue weighted by molar-refractivity contribution is 7.15. The quantitative estimate of drug-likeness (QED) is 0.514. The molecular formula is C24H33N3O5S. The number of hydrogen-bond donors (Lipinski definition) is 2. The van der Waals surface area contributed by atoms with Gasteiger partial charge in [0.15, 0.2) is 0 Å². The van der Waals surface area contributed by atoms with Gasteiger partial charge in [0.25, 0.3) is 0 Å². The fourth-order valence-electron chi connectivity index (χ4n) is 3.83. The molecule has 1 aliphatic carbocycles. The first-order valence-electron chi connectivity index (χ1n) is 11.3. The highest BCUT2D eigenvalue weighted by Gasteiger charge is 2.26. The van der Waals surface area contributed by atoms with Gasteiger partial charge in [0.1, 0.15) is 5.75 Å². The number of methoxy groups -OCH3 is 1. The third kappa shape index (κ3) is 7.08. The maximum atomic E-state index is 11.9. The monoisotopic (exact) mass is 475 g/mol. The third-order valence-corrected chi connectivity index (χ3v) is 6.51. The Balaban J connectivity index is 1.62. The molecule has 2 amide bonds. The summed E-state index contributed by atoms with van der Waals surface area (Å²) in [6.45, 7) is 7.29. The Morgan fingerprint density at radius 2 is 1.70 bits per heavy atom. The van der Waals surface area contributed by atoms with Crippen molar-refractivity contribution in [3.05, 3.63) is 29.4 Å². The number of aromatic nitrogens is 1. The summed E-state index contributed by atoms with van der Waals surface area (Å²) in [5, 5.41) is 6.78. The topological polar surface area (TPSA) is 98.8 Å². The van der Waals surface area contributed by atoms with Gasteiger partial charge in [0, 0.05) is 35.5 Å². The van der Waals surface area contributed by atoms with Crippen LogP contribution in [0.25, 0.3) is 10.4 Å². The van der Waals surface area contributed by atoms with Gasteiger partial charge in [-0.15, -0.1) is 11.3 Å². The SMILES string of the molecule is COc1cc(NC(=O)OC(C)C)ccc1-c1cnc(C2CCC(NC(=O)OC(C)C)CC2)s1. The molecule has 1 aromatic heterocycles. The number of alkyl carbamates (subject to hydrolysis) is 1. The zero-order valence-corrected chi connectivity index (χ0v) is 20.7. The second kappa shape index (κ2) is 11.4. The van der Waals surface area contributed by atoms with Crippen LogP contribution in [0.2, 0.25) is 0 Å². The first kappa shape index (κ1) is 24.8. The highest BCUT2D eigenvalue weighted by atomic mass is 32.1. The van der Waals surface area contributed by atoms with E-state index in [1.54, 1.807) is 38.4 Å². The van der Waals surface area contributed by atoms with Crippen LogP contribution in [0, 0.1) is 0 Å². The fraction of sp³-hybridized carbons (Fsp3) is 0.542. The molecule has 0 unspecified atom stereocenters. The number of amides is 2. The van der Waals surface area contributed by atoms with Crippen molar-refractivity contribution in [3.63, 3.8) is 0 Å². The molecule has 3 rings (SSSR count). The molecule has 9 heteroatoms. The van der Waals surface area contributed by atoms with E-state index in [1.807, 2.05) is 32.2 Å². The summed E-state index contributed by atoms with van der Waals surface area (Å²) < 4.78 is 15.9. The third-order valence-electron chi connectivity index (χ3n) is 5.32. The summed E-state index contributed by atoms with van der Waals surface area (Å²) in [6, 6.07) is 5.67. The number of nitrogens with zero attached hydrogens (tertiary/aromatic N) is 1. The van der Waals surface area contributed by atoms with Crippen molar-refractivity contribution in [2.75, 3.05) is 12.4 Å². The first-order valence-corrected chi connectivity index (χ1v) is 12.2. The molecule has 0 radical (unpaired) electrons. The predicted molar refractivity (Wildman–Crippen MR) is 129 cm³/mol. The maximum absolute atomic E-state index is 11.9. The molecule has 1 saturated carbocycles. The lowest BCUT2D eigenvalue weighted by Gasteiger charge is -2.28.